The molecule has 2 N–H and O–H groups in total. The van der Waals surface area contributed by atoms with Crippen LogP contribution in [0.3, 0.4) is 0 Å². The maximum atomic E-state index is 12.6. The number of carbonyl (C=O) groups excluding carboxylic acids is 2. The number of thiocarbonyl (C=S) groups is 1. The lowest BCUT2D eigenvalue weighted by Gasteiger charge is -2.30. The predicted molar refractivity (Wildman–Crippen MR) is 250 cm³/mol. The number of thiol groups is 1. The first-order chi connectivity index (χ1) is 28.0. The molecule has 0 bridgehead atoms. The molecule has 4 rings (SSSR count). The summed E-state index contributed by atoms with van der Waals surface area (Å²) in [4.78, 5) is 24.8. The molecule has 0 fully saturated rings. The van der Waals surface area contributed by atoms with E-state index in [0.717, 1.165) is 37.7 Å². The van der Waals surface area contributed by atoms with Gasteiger partial charge in [0.2, 0.25) is 0 Å². The third kappa shape index (κ3) is 22.0. The summed E-state index contributed by atoms with van der Waals surface area (Å²) < 4.78 is 17.1. The van der Waals surface area contributed by atoms with Crippen molar-refractivity contribution in [1.82, 2.24) is 10.6 Å². The quantitative estimate of drug-likeness (QED) is 0.0683. The van der Waals surface area contributed by atoms with E-state index >= 15 is 0 Å². The Morgan fingerprint density at radius 2 is 0.949 bits per heavy atom. The number of nitrogens with one attached hydrogen (secondary N) is 2. The highest BCUT2D eigenvalue weighted by atomic mass is 32.1. The van der Waals surface area contributed by atoms with Crippen LogP contribution in [0.15, 0.2) is 121 Å². The number of alkyl carbamates (subject to hydrolysis) is 2. The van der Waals surface area contributed by atoms with E-state index in [4.69, 9.17) is 26.4 Å². The SMILES string of the molecule is C[C@@H](Cc1ccccc1)[C@H](C[C@H](Cc1ccccc1)NC(=O)OC(C)(C)C)OC(=S)CS.C[C@H](CC[C@H](Cc1ccccc1)NC(=O)OC(C)(C)C)Cc1ccccc1. The fourth-order valence-electron chi connectivity index (χ4n) is 6.77. The molecule has 0 spiro atoms. The number of benzene rings is 4. The average molecular weight is 841 g/mol. The van der Waals surface area contributed by atoms with Gasteiger partial charge in [-0.2, -0.15) is 12.6 Å². The molecule has 0 aliphatic carbocycles. The van der Waals surface area contributed by atoms with Crippen molar-refractivity contribution in [3.8, 4) is 0 Å². The third-order valence-electron chi connectivity index (χ3n) is 9.49. The summed E-state index contributed by atoms with van der Waals surface area (Å²) in [6, 6.07) is 41.2. The molecule has 320 valence electrons. The molecule has 4 aromatic rings. The van der Waals surface area contributed by atoms with E-state index in [1.165, 1.54) is 16.7 Å². The van der Waals surface area contributed by atoms with Crippen LogP contribution in [-0.2, 0) is 39.9 Å². The van der Waals surface area contributed by atoms with Crippen molar-refractivity contribution in [2.75, 3.05) is 5.75 Å². The Bertz CT molecular complexity index is 1780. The molecule has 4 aromatic carbocycles. The van der Waals surface area contributed by atoms with Gasteiger partial charge in [0.15, 0.2) is 5.05 Å². The Kier molecular flexibility index (Phi) is 21.0. The largest absolute Gasteiger partial charge is 0.483 e. The van der Waals surface area contributed by atoms with Crippen LogP contribution in [0.25, 0.3) is 0 Å². The molecule has 59 heavy (non-hydrogen) atoms. The second kappa shape index (κ2) is 25.3. The lowest BCUT2D eigenvalue weighted by atomic mass is 9.90. The van der Waals surface area contributed by atoms with Crippen LogP contribution in [0.2, 0.25) is 0 Å². The van der Waals surface area contributed by atoms with Crippen molar-refractivity contribution >= 4 is 42.1 Å². The summed E-state index contributed by atoms with van der Waals surface area (Å²) in [7, 11) is 0. The Labute approximate surface area is 365 Å². The average Bonchev–Trinajstić information content (AvgIpc) is 3.17. The minimum Gasteiger partial charge on any atom is -0.483 e. The van der Waals surface area contributed by atoms with Crippen molar-refractivity contribution in [3.63, 3.8) is 0 Å². The molecule has 0 aliphatic rings. The minimum absolute atomic E-state index is 0.0699. The molecule has 0 aromatic heterocycles. The van der Waals surface area contributed by atoms with E-state index in [1.807, 2.05) is 96.1 Å². The summed E-state index contributed by atoms with van der Waals surface area (Å²) in [5.74, 6) is 1.13. The molecule has 0 aliphatic heterocycles. The Morgan fingerprint density at radius 1 is 0.576 bits per heavy atom. The maximum absolute atomic E-state index is 12.6. The van der Waals surface area contributed by atoms with Crippen LogP contribution in [0.4, 0.5) is 9.59 Å². The monoisotopic (exact) mass is 840 g/mol. The molecular weight excluding hydrogens is 773 g/mol. The van der Waals surface area contributed by atoms with Gasteiger partial charge in [0.1, 0.15) is 17.3 Å². The van der Waals surface area contributed by atoms with Crippen molar-refractivity contribution in [2.24, 2.45) is 11.8 Å². The topological polar surface area (TPSA) is 85.9 Å². The van der Waals surface area contributed by atoms with Gasteiger partial charge in [0, 0.05) is 18.5 Å². The molecule has 2 amide bonds. The lowest BCUT2D eigenvalue weighted by molar-refractivity contribution is 0.0466. The number of carbonyl (C=O) groups is 2. The van der Waals surface area contributed by atoms with Crippen molar-refractivity contribution in [1.29, 1.82) is 0 Å². The summed E-state index contributed by atoms with van der Waals surface area (Å²) >= 11 is 9.62. The number of hydrogen-bond acceptors (Lipinski definition) is 7. The van der Waals surface area contributed by atoms with E-state index in [1.54, 1.807) is 0 Å². The lowest BCUT2D eigenvalue weighted by Crippen LogP contribution is -2.43. The zero-order chi connectivity index (χ0) is 43.3. The van der Waals surface area contributed by atoms with Crippen LogP contribution in [0, 0.1) is 11.8 Å². The first kappa shape index (κ1) is 49.0. The van der Waals surface area contributed by atoms with E-state index in [9.17, 15) is 9.59 Å². The van der Waals surface area contributed by atoms with Gasteiger partial charge in [-0.05, 0) is 126 Å². The zero-order valence-electron chi connectivity index (χ0n) is 36.5. The van der Waals surface area contributed by atoms with E-state index in [0.29, 0.717) is 29.6 Å². The summed E-state index contributed by atoms with van der Waals surface area (Å²) in [6.45, 7) is 15.7. The van der Waals surface area contributed by atoms with Crippen molar-refractivity contribution in [2.45, 2.75) is 130 Å². The van der Waals surface area contributed by atoms with Gasteiger partial charge in [0.25, 0.3) is 0 Å². The second-order valence-electron chi connectivity index (χ2n) is 17.5. The van der Waals surface area contributed by atoms with Gasteiger partial charge < -0.3 is 24.8 Å². The maximum Gasteiger partial charge on any atom is 0.407 e. The first-order valence-corrected chi connectivity index (χ1v) is 22.0. The highest BCUT2D eigenvalue weighted by Crippen LogP contribution is 2.22. The van der Waals surface area contributed by atoms with Gasteiger partial charge in [-0.3, -0.25) is 0 Å². The van der Waals surface area contributed by atoms with Crippen LogP contribution in [0.5, 0.6) is 0 Å². The van der Waals surface area contributed by atoms with Crippen LogP contribution in [-0.4, -0.2) is 52.4 Å². The molecule has 0 radical (unpaired) electrons. The molecular formula is C50H68N2O5S2. The molecule has 0 heterocycles. The summed E-state index contributed by atoms with van der Waals surface area (Å²) in [6.07, 6.45) is 5.07. The fraction of sp³-hybridized carbons (Fsp3) is 0.460. The Balaban J connectivity index is 0.000000320. The van der Waals surface area contributed by atoms with Gasteiger partial charge in [0.05, 0.1) is 5.75 Å². The third-order valence-corrected chi connectivity index (χ3v) is 10.2. The molecule has 5 atom stereocenters. The molecule has 0 unspecified atom stereocenters. The van der Waals surface area contributed by atoms with E-state index in [-0.39, 0.29) is 30.2 Å². The number of amides is 2. The minimum atomic E-state index is -0.564. The molecule has 7 nitrogen and oxygen atoms in total. The normalized spacial score (nSPS) is 13.9. The van der Waals surface area contributed by atoms with Gasteiger partial charge in [-0.1, -0.05) is 135 Å². The van der Waals surface area contributed by atoms with Gasteiger partial charge in [-0.15, -0.1) is 0 Å². The van der Waals surface area contributed by atoms with E-state index < -0.39 is 17.3 Å². The van der Waals surface area contributed by atoms with Crippen LogP contribution < -0.4 is 10.6 Å². The zero-order valence-corrected chi connectivity index (χ0v) is 38.2. The fourth-order valence-corrected chi connectivity index (χ4v) is 6.97. The number of ether oxygens (including phenoxy) is 3. The molecule has 0 saturated carbocycles. The summed E-state index contributed by atoms with van der Waals surface area (Å²) in [5, 5.41) is 6.61. The number of hydrogen-bond donors (Lipinski definition) is 3. The highest BCUT2D eigenvalue weighted by Gasteiger charge is 2.28. The van der Waals surface area contributed by atoms with Crippen molar-refractivity contribution in [3.05, 3.63) is 144 Å². The van der Waals surface area contributed by atoms with Crippen molar-refractivity contribution < 1.29 is 23.8 Å². The Morgan fingerprint density at radius 3 is 1.36 bits per heavy atom. The Hall–Kier alpha value is -4.34. The second-order valence-corrected chi connectivity index (χ2v) is 18.3. The standard InChI is InChI=1S/C26H35NO3S2.C24H33NO2/c1-19(15-20-11-7-5-8-12-20)23(29-24(32)18-31)17-22(16-21-13-9-6-10-14-21)27-25(28)30-26(2,3)4;1-19(17-20-11-7-5-8-12-20)15-16-22(18-21-13-9-6-10-14-21)25-23(26)27-24(2,3)4/h5-14,19,22-23,31H,15-18H2,1-4H3,(H,27,28);5-14,19,22H,15-18H2,1-4H3,(H,25,26)/t19-,22-,23-;19-,22-/m01/s1. The summed E-state index contributed by atoms with van der Waals surface area (Å²) in [5.41, 5.74) is 3.93. The van der Waals surface area contributed by atoms with Gasteiger partial charge in [-0.25, -0.2) is 9.59 Å². The highest BCUT2D eigenvalue weighted by molar-refractivity contribution is 7.85. The number of rotatable bonds is 18. The smallest absolute Gasteiger partial charge is 0.407 e. The first-order valence-electron chi connectivity index (χ1n) is 20.9. The van der Waals surface area contributed by atoms with Crippen LogP contribution >= 0.6 is 24.8 Å². The molecule has 9 heteroatoms. The van der Waals surface area contributed by atoms with E-state index in [2.05, 4.69) is 104 Å². The molecule has 0 saturated heterocycles. The predicted octanol–water partition coefficient (Wildman–Crippen LogP) is 11.8. The van der Waals surface area contributed by atoms with Gasteiger partial charge >= 0.3 is 12.2 Å². The van der Waals surface area contributed by atoms with Crippen LogP contribution in [0.1, 0.15) is 96.9 Å².